The van der Waals surface area contributed by atoms with Gasteiger partial charge in [0.2, 0.25) is 0 Å². The first-order valence-electron chi connectivity index (χ1n) is 6.92. The van der Waals surface area contributed by atoms with Gasteiger partial charge in [-0.1, -0.05) is 6.07 Å². The maximum absolute atomic E-state index is 6.08. The van der Waals surface area contributed by atoms with Gasteiger partial charge in [-0.2, -0.15) is 0 Å². The molecule has 1 aromatic heterocycles. The molecule has 108 valence electrons. The smallest absolute Gasteiger partial charge is 0.129 e. The zero-order chi connectivity index (χ0) is 15.0. The van der Waals surface area contributed by atoms with Gasteiger partial charge in [0.25, 0.3) is 0 Å². The third-order valence-corrected chi connectivity index (χ3v) is 3.86. The number of aryl methyl sites for hydroxylation is 1. The van der Waals surface area contributed by atoms with Crippen LogP contribution in [-0.4, -0.2) is 23.6 Å². The molecule has 0 amide bonds. The van der Waals surface area contributed by atoms with Crippen LogP contribution in [0.25, 0.3) is 16.7 Å². The van der Waals surface area contributed by atoms with Crippen molar-refractivity contribution in [1.29, 1.82) is 0 Å². The van der Waals surface area contributed by atoms with Crippen molar-refractivity contribution in [3.05, 3.63) is 53.9 Å². The van der Waals surface area contributed by atoms with Crippen molar-refractivity contribution in [3.8, 4) is 5.69 Å². The fraction of sp³-hybridized carbons (Fsp3) is 0.235. The summed E-state index contributed by atoms with van der Waals surface area (Å²) in [5, 5.41) is 0. The summed E-state index contributed by atoms with van der Waals surface area (Å²) in [6.07, 6.45) is 0. The molecule has 0 aliphatic heterocycles. The van der Waals surface area contributed by atoms with Crippen molar-refractivity contribution in [2.24, 2.45) is 0 Å². The molecule has 0 bridgehead atoms. The lowest BCUT2D eigenvalue weighted by Crippen LogP contribution is -2.08. The van der Waals surface area contributed by atoms with E-state index in [1.165, 1.54) is 11.3 Å². The van der Waals surface area contributed by atoms with E-state index in [1.54, 1.807) is 0 Å². The van der Waals surface area contributed by atoms with E-state index in [0.717, 1.165) is 22.5 Å². The first kappa shape index (κ1) is 14.0. The van der Waals surface area contributed by atoms with Crippen molar-refractivity contribution >= 4 is 28.3 Å². The molecule has 2 aromatic carbocycles. The van der Waals surface area contributed by atoms with E-state index in [9.17, 15) is 0 Å². The Bertz CT molecular complexity index is 773. The Kier molecular flexibility index (Phi) is 3.60. The molecule has 1 heterocycles. The molecule has 0 unspecified atom stereocenters. The zero-order valence-electron chi connectivity index (χ0n) is 12.5. The van der Waals surface area contributed by atoms with Gasteiger partial charge in [-0.15, -0.1) is 11.6 Å². The van der Waals surface area contributed by atoms with Gasteiger partial charge in [0.05, 0.1) is 16.9 Å². The van der Waals surface area contributed by atoms with Crippen LogP contribution < -0.4 is 4.90 Å². The predicted molar refractivity (Wildman–Crippen MR) is 89.7 cm³/mol. The summed E-state index contributed by atoms with van der Waals surface area (Å²) in [4.78, 5) is 6.73. The number of halogens is 1. The number of anilines is 1. The van der Waals surface area contributed by atoms with Gasteiger partial charge in [-0.05, 0) is 48.9 Å². The first-order valence-corrected chi connectivity index (χ1v) is 7.45. The number of nitrogens with zero attached hydrogens (tertiary/aromatic N) is 3. The minimum Gasteiger partial charge on any atom is -0.378 e. The molecule has 0 saturated heterocycles. The minimum absolute atomic E-state index is 0.392. The Morgan fingerprint density at radius 1 is 1.10 bits per heavy atom. The van der Waals surface area contributed by atoms with Crippen LogP contribution in [0.3, 0.4) is 0 Å². The van der Waals surface area contributed by atoms with Crippen LogP contribution in [0.4, 0.5) is 5.69 Å². The SMILES string of the molecule is Cc1ccc2c(c1)nc(CCl)n2-c1ccc(N(C)C)cc1. The lowest BCUT2D eigenvalue weighted by atomic mass is 10.2. The summed E-state index contributed by atoms with van der Waals surface area (Å²) in [5.41, 5.74) is 5.54. The summed E-state index contributed by atoms with van der Waals surface area (Å²) < 4.78 is 2.13. The molecule has 0 atom stereocenters. The number of aromatic nitrogens is 2. The van der Waals surface area contributed by atoms with Gasteiger partial charge >= 0.3 is 0 Å². The lowest BCUT2D eigenvalue weighted by Gasteiger charge is -2.14. The number of hydrogen-bond donors (Lipinski definition) is 0. The molecule has 0 aliphatic carbocycles. The summed E-state index contributed by atoms with van der Waals surface area (Å²) >= 11 is 6.08. The van der Waals surface area contributed by atoms with Gasteiger partial charge in [-0.3, -0.25) is 4.57 Å². The third kappa shape index (κ3) is 2.49. The van der Waals surface area contributed by atoms with Crippen molar-refractivity contribution < 1.29 is 0 Å². The standard InChI is InChI=1S/C17H18ClN3/c1-12-4-9-16-15(10-12)19-17(11-18)21(16)14-7-5-13(6-8-14)20(2)3/h4-10H,11H2,1-3H3. The average molecular weight is 300 g/mol. The van der Waals surface area contributed by atoms with E-state index in [2.05, 4.69) is 63.8 Å². The molecule has 0 radical (unpaired) electrons. The van der Waals surface area contributed by atoms with Crippen LogP contribution in [-0.2, 0) is 5.88 Å². The Hall–Kier alpha value is -2.00. The molecule has 4 heteroatoms. The average Bonchev–Trinajstić information content (AvgIpc) is 2.84. The predicted octanol–water partition coefficient (Wildman–Crippen LogP) is 4.14. The summed E-state index contributed by atoms with van der Waals surface area (Å²) in [6.45, 7) is 2.07. The van der Waals surface area contributed by atoms with Gasteiger partial charge < -0.3 is 4.90 Å². The largest absolute Gasteiger partial charge is 0.378 e. The minimum atomic E-state index is 0.392. The second-order valence-corrected chi connectivity index (χ2v) is 5.67. The van der Waals surface area contributed by atoms with Crippen LogP contribution in [0, 0.1) is 6.92 Å². The monoisotopic (exact) mass is 299 g/mol. The van der Waals surface area contributed by atoms with Crippen LogP contribution >= 0.6 is 11.6 Å². The maximum Gasteiger partial charge on any atom is 0.129 e. The van der Waals surface area contributed by atoms with Crippen LogP contribution in [0.15, 0.2) is 42.5 Å². The van der Waals surface area contributed by atoms with E-state index in [1.807, 2.05) is 14.1 Å². The normalized spacial score (nSPS) is 11.0. The highest BCUT2D eigenvalue weighted by Gasteiger charge is 2.11. The van der Waals surface area contributed by atoms with Gasteiger partial charge in [0, 0.05) is 25.5 Å². The number of imidazole rings is 1. The number of alkyl halides is 1. The van der Waals surface area contributed by atoms with E-state index >= 15 is 0 Å². The van der Waals surface area contributed by atoms with Crippen LogP contribution in [0.5, 0.6) is 0 Å². The molecule has 0 saturated carbocycles. The molecule has 0 aliphatic rings. The summed E-state index contributed by atoms with van der Waals surface area (Å²) in [6, 6.07) is 14.7. The highest BCUT2D eigenvalue weighted by Crippen LogP contribution is 2.25. The number of benzene rings is 2. The second-order valence-electron chi connectivity index (χ2n) is 5.40. The molecular formula is C17H18ClN3. The van der Waals surface area contributed by atoms with Gasteiger partial charge in [0.15, 0.2) is 0 Å². The first-order chi connectivity index (χ1) is 10.1. The van der Waals surface area contributed by atoms with Gasteiger partial charge in [-0.25, -0.2) is 4.98 Å². The number of hydrogen-bond acceptors (Lipinski definition) is 2. The Labute approximate surface area is 129 Å². The Morgan fingerprint density at radius 2 is 1.81 bits per heavy atom. The van der Waals surface area contributed by atoms with E-state index in [4.69, 9.17) is 11.6 Å². The van der Waals surface area contributed by atoms with E-state index in [0.29, 0.717) is 5.88 Å². The maximum atomic E-state index is 6.08. The fourth-order valence-corrected chi connectivity index (χ4v) is 2.70. The molecule has 0 spiro atoms. The van der Waals surface area contributed by atoms with E-state index in [-0.39, 0.29) is 0 Å². The third-order valence-electron chi connectivity index (χ3n) is 3.62. The topological polar surface area (TPSA) is 21.1 Å². The quantitative estimate of drug-likeness (QED) is 0.678. The Balaban J connectivity index is 2.18. The number of rotatable bonds is 3. The van der Waals surface area contributed by atoms with Gasteiger partial charge in [0.1, 0.15) is 5.82 Å². The van der Waals surface area contributed by atoms with Crippen LogP contribution in [0.2, 0.25) is 0 Å². The molecule has 3 aromatic rings. The van der Waals surface area contributed by atoms with Crippen molar-refractivity contribution in [2.45, 2.75) is 12.8 Å². The van der Waals surface area contributed by atoms with E-state index < -0.39 is 0 Å². The van der Waals surface area contributed by atoms with Crippen molar-refractivity contribution in [1.82, 2.24) is 9.55 Å². The highest BCUT2D eigenvalue weighted by molar-refractivity contribution is 6.17. The highest BCUT2D eigenvalue weighted by atomic mass is 35.5. The molecule has 21 heavy (non-hydrogen) atoms. The van der Waals surface area contributed by atoms with Crippen molar-refractivity contribution in [3.63, 3.8) is 0 Å². The summed E-state index contributed by atoms with van der Waals surface area (Å²) in [5.74, 6) is 1.26. The fourth-order valence-electron chi connectivity index (χ4n) is 2.52. The molecular weight excluding hydrogens is 282 g/mol. The molecule has 0 N–H and O–H groups in total. The zero-order valence-corrected chi connectivity index (χ0v) is 13.2. The second kappa shape index (κ2) is 5.41. The lowest BCUT2D eigenvalue weighted by molar-refractivity contribution is 0.980. The Morgan fingerprint density at radius 3 is 2.43 bits per heavy atom. The number of fused-ring (bicyclic) bond motifs is 1. The molecule has 3 nitrogen and oxygen atoms in total. The van der Waals surface area contributed by atoms with Crippen LogP contribution in [0.1, 0.15) is 11.4 Å². The molecule has 3 rings (SSSR count). The van der Waals surface area contributed by atoms with Crippen molar-refractivity contribution in [2.75, 3.05) is 19.0 Å². The molecule has 0 fully saturated rings. The summed E-state index contributed by atoms with van der Waals surface area (Å²) in [7, 11) is 4.07.